The summed E-state index contributed by atoms with van der Waals surface area (Å²) in [6.07, 6.45) is 1.15. The molecule has 0 spiro atoms. The molecule has 1 rings (SSSR count). The lowest BCUT2D eigenvalue weighted by molar-refractivity contribution is -0.385. The van der Waals surface area contributed by atoms with Crippen LogP contribution >= 0.6 is 15.9 Å². The molecular weight excluding hydrogens is 262 g/mol. The first kappa shape index (κ1) is 11.8. The maximum Gasteiger partial charge on any atom is 0.284 e. The highest BCUT2D eigenvalue weighted by Gasteiger charge is 2.15. The summed E-state index contributed by atoms with van der Waals surface area (Å²) >= 11 is 3.07. The van der Waals surface area contributed by atoms with E-state index < -0.39 is 4.92 Å². The molecular formula is C10H10BrNO3. The van der Waals surface area contributed by atoms with Gasteiger partial charge >= 0.3 is 0 Å². The summed E-state index contributed by atoms with van der Waals surface area (Å²) in [7, 11) is 0. The third kappa shape index (κ3) is 2.86. The van der Waals surface area contributed by atoms with Crippen LogP contribution in [0, 0.1) is 10.1 Å². The molecule has 0 saturated heterocycles. The van der Waals surface area contributed by atoms with Gasteiger partial charge in [-0.15, -0.1) is 0 Å². The molecule has 0 aliphatic carbocycles. The third-order valence-electron chi connectivity index (χ3n) is 1.94. The molecule has 4 nitrogen and oxygen atoms in total. The fourth-order valence-electron chi connectivity index (χ4n) is 1.20. The fourth-order valence-corrected chi connectivity index (χ4v) is 1.59. The van der Waals surface area contributed by atoms with E-state index in [1.165, 1.54) is 12.1 Å². The standard InChI is InChI=1S/C10H10BrNO3/c1-2-3-10(13)7-4-5-8(11)9(6-7)12(14)15/h4-6H,2-3H2,1H3. The van der Waals surface area contributed by atoms with Crippen LogP contribution < -0.4 is 0 Å². The third-order valence-corrected chi connectivity index (χ3v) is 2.61. The van der Waals surface area contributed by atoms with Crippen LogP contribution in [0.1, 0.15) is 30.1 Å². The minimum Gasteiger partial charge on any atom is -0.294 e. The van der Waals surface area contributed by atoms with Crippen molar-refractivity contribution in [2.45, 2.75) is 19.8 Å². The summed E-state index contributed by atoms with van der Waals surface area (Å²) in [6, 6.07) is 4.43. The van der Waals surface area contributed by atoms with Crippen LogP contribution in [-0.4, -0.2) is 10.7 Å². The Morgan fingerprint density at radius 3 is 2.73 bits per heavy atom. The highest BCUT2D eigenvalue weighted by molar-refractivity contribution is 9.10. The predicted molar refractivity (Wildman–Crippen MR) is 60.0 cm³/mol. The molecule has 80 valence electrons. The minimum atomic E-state index is -0.507. The first-order valence-corrected chi connectivity index (χ1v) is 5.32. The van der Waals surface area contributed by atoms with E-state index in [1.54, 1.807) is 6.07 Å². The van der Waals surface area contributed by atoms with Gasteiger partial charge in [-0.2, -0.15) is 0 Å². The van der Waals surface area contributed by atoms with E-state index in [0.29, 0.717) is 16.5 Å². The average Bonchev–Trinajstić information content (AvgIpc) is 2.18. The van der Waals surface area contributed by atoms with E-state index in [-0.39, 0.29) is 11.5 Å². The second kappa shape index (κ2) is 5.02. The predicted octanol–water partition coefficient (Wildman–Crippen LogP) is 3.34. The monoisotopic (exact) mass is 271 g/mol. The van der Waals surface area contributed by atoms with Crippen LogP contribution in [-0.2, 0) is 0 Å². The molecule has 0 aromatic heterocycles. The highest BCUT2D eigenvalue weighted by atomic mass is 79.9. The number of hydrogen-bond donors (Lipinski definition) is 0. The average molecular weight is 272 g/mol. The maximum absolute atomic E-state index is 11.5. The van der Waals surface area contributed by atoms with Gasteiger partial charge in [0.2, 0.25) is 0 Å². The van der Waals surface area contributed by atoms with Gasteiger partial charge in [0.1, 0.15) is 0 Å². The van der Waals surface area contributed by atoms with Crippen molar-refractivity contribution >= 4 is 27.4 Å². The zero-order valence-corrected chi connectivity index (χ0v) is 9.78. The number of benzene rings is 1. The van der Waals surface area contributed by atoms with Crippen LogP contribution in [0.3, 0.4) is 0 Å². The summed E-state index contributed by atoms with van der Waals surface area (Å²) in [5.41, 5.74) is 0.323. The van der Waals surface area contributed by atoms with Gasteiger partial charge in [-0.3, -0.25) is 14.9 Å². The number of nitro benzene ring substituents is 1. The molecule has 0 aliphatic rings. The molecule has 0 heterocycles. The summed E-state index contributed by atoms with van der Waals surface area (Å²) in [4.78, 5) is 21.6. The van der Waals surface area contributed by atoms with Crippen molar-refractivity contribution in [2.75, 3.05) is 0 Å². The van der Waals surface area contributed by atoms with E-state index in [0.717, 1.165) is 6.42 Å². The molecule has 0 bridgehead atoms. The molecule has 0 saturated carbocycles. The minimum absolute atomic E-state index is 0.0619. The Bertz CT molecular complexity index is 404. The van der Waals surface area contributed by atoms with Crippen molar-refractivity contribution in [3.8, 4) is 0 Å². The first-order valence-electron chi connectivity index (χ1n) is 4.53. The number of carbonyl (C=O) groups is 1. The van der Waals surface area contributed by atoms with E-state index in [1.807, 2.05) is 6.92 Å². The van der Waals surface area contributed by atoms with Gasteiger partial charge in [0, 0.05) is 18.1 Å². The van der Waals surface area contributed by atoms with Crippen molar-refractivity contribution in [3.05, 3.63) is 38.3 Å². The molecule has 0 unspecified atom stereocenters. The summed E-state index contributed by atoms with van der Waals surface area (Å²) in [5.74, 6) is -0.0619. The van der Waals surface area contributed by atoms with E-state index in [9.17, 15) is 14.9 Å². The van der Waals surface area contributed by atoms with Crippen LogP contribution in [0.5, 0.6) is 0 Å². The molecule has 0 atom stereocenters. The number of hydrogen-bond acceptors (Lipinski definition) is 3. The zero-order valence-electron chi connectivity index (χ0n) is 8.20. The molecule has 0 amide bonds. The van der Waals surface area contributed by atoms with Gasteiger partial charge in [0.15, 0.2) is 5.78 Å². The number of carbonyl (C=O) groups excluding carboxylic acids is 1. The molecule has 1 aromatic rings. The Morgan fingerprint density at radius 1 is 1.53 bits per heavy atom. The van der Waals surface area contributed by atoms with Crippen molar-refractivity contribution < 1.29 is 9.72 Å². The Balaban J connectivity index is 3.07. The first-order chi connectivity index (χ1) is 7.06. The molecule has 1 aromatic carbocycles. The van der Waals surface area contributed by atoms with Crippen LogP contribution in [0.15, 0.2) is 22.7 Å². The lowest BCUT2D eigenvalue weighted by Crippen LogP contribution is -1.99. The second-order valence-electron chi connectivity index (χ2n) is 3.10. The van der Waals surface area contributed by atoms with Crippen LogP contribution in [0.2, 0.25) is 0 Å². The summed E-state index contributed by atoms with van der Waals surface area (Å²) < 4.78 is 0.389. The molecule has 0 fully saturated rings. The molecule has 0 aliphatic heterocycles. The summed E-state index contributed by atoms with van der Waals surface area (Å²) in [6.45, 7) is 1.89. The van der Waals surface area contributed by atoms with Gasteiger partial charge in [-0.05, 0) is 34.5 Å². The number of Topliss-reactive ketones (excluding diaryl/α,β-unsaturated/α-hetero) is 1. The maximum atomic E-state index is 11.5. The van der Waals surface area contributed by atoms with Crippen LogP contribution in [0.25, 0.3) is 0 Å². The Kier molecular flexibility index (Phi) is 3.96. The molecule has 15 heavy (non-hydrogen) atoms. The van der Waals surface area contributed by atoms with E-state index in [4.69, 9.17) is 0 Å². The smallest absolute Gasteiger partial charge is 0.284 e. The highest BCUT2D eigenvalue weighted by Crippen LogP contribution is 2.26. The lowest BCUT2D eigenvalue weighted by Gasteiger charge is -2.00. The topological polar surface area (TPSA) is 60.2 Å². The quantitative estimate of drug-likeness (QED) is 0.479. The molecule has 0 radical (unpaired) electrons. The second-order valence-corrected chi connectivity index (χ2v) is 3.95. The fraction of sp³-hybridized carbons (Fsp3) is 0.300. The lowest BCUT2D eigenvalue weighted by atomic mass is 10.1. The van der Waals surface area contributed by atoms with Crippen molar-refractivity contribution in [1.29, 1.82) is 0 Å². The number of rotatable bonds is 4. The van der Waals surface area contributed by atoms with Crippen LogP contribution in [0.4, 0.5) is 5.69 Å². The van der Waals surface area contributed by atoms with Crippen molar-refractivity contribution in [1.82, 2.24) is 0 Å². The Labute approximate surface area is 95.6 Å². The van der Waals surface area contributed by atoms with Gasteiger partial charge in [0.05, 0.1) is 9.40 Å². The number of ketones is 1. The van der Waals surface area contributed by atoms with Gasteiger partial charge in [-0.25, -0.2) is 0 Å². The van der Waals surface area contributed by atoms with Crippen molar-refractivity contribution in [3.63, 3.8) is 0 Å². The SMILES string of the molecule is CCCC(=O)c1ccc(Br)c([N+](=O)[O-])c1. The Hall–Kier alpha value is -1.23. The largest absolute Gasteiger partial charge is 0.294 e. The molecule has 5 heteroatoms. The summed E-state index contributed by atoms with van der Waals surface area (Å²) in [5, 5.41) is 10.6. The van der Waals surface area contributed by atoms with Gasteiger partial charge < -0.3 is 0 Å². The van der Waals surface area contributed by atoms with Gasteiger partial charge in [-0.1, -0.05) is 6.92 Å². The van der Waals surface area contributed by atoms with E-state index >= 15 is 0 Å². The normalized spacial score (nSPS) is 10.0. The van der Waals surface area contributed by atoms with Gasteiger partial charge in [0.25, 0.3) is 5.69 Å². The molecule has 0 N–H and O–H groups in total. The van der Waals surface area contributed by atoms with Crippen molar-refractivity contribution in [2.24, 2.45) is 0 Å². The van der Waals surface area contributed by atoms with E-state index in [2.05, 4.69) is 15.9 Å². The number of nitrogens with zero attached hydrogens (tertiary/aromatic N) is 1. The zero-order chi connectivity index (χ0) is 11.4. The Morgan fingerprint density at radius 2 is 2.20 bits per heavy atom. The number of nitro groups is 1. The number of halogens is 1.